The average molecular weight is 388 g/mol. The molecule has 0 radical (unpaired) electrons. The number of rotatable bonds is 5. The van der Waals surface area contributed by atoms with Gasteiger partial charge in [0.15, 0.2) is 16.6 Å². The molecule has 0 unspecified atom stereocenters. The second-order valence-corrected chi connectivity index (χ2v) is 7.60. The van der Waals surface area contributed by atoms with Crippen LogP contribution in [0.1, 0.15) is 10.4 Å². The van der Waals surface area contributed by atoms with Gasteiger partial charge in [-0.1, -0.05) is 11.3 Å². The van der Waals surface area contributed by atoms with Crippen LogP contribution in [-0.2, 0) is 0 Å². The molecule has 27 heavy (non-hydrogen) atoms. The maximum absolute atomic E-state index is 13.2. The van der Waals surface area contributed by atoms with E-state index in [-0.39, 0.29) is 18.5 Å². The lowest BCUT2D eigenvalue weighted by Gasteiger charge is -2.20. The van der Waals surface area contributed by atoms with Gasteiger partial charge in [0.1, 0.15) is 5.82 Å². The molecule has 1 aromatic heterocycles. The summed E-state index contributed by atoms with van der Waals surface area (Å²) >= 11 is 1.42. The predicted molar refractivity (Wildman–Crippen MR) is 101 cm³/mol. The van der Waals surface area contributed by atoms with Gasteiger partial charge in [-0.15, -0.1) is 0 Å². The minimum Gasteiger partial charge on any atom is -0.454 e. The van der Waals surface area contributed by atoms with Crippen LogP contribution in [0.5, 0.6) is 11.5 Å². The molecule has 1 N–H and O–H groups in total. The van der Waals surface area contributed by atoms with Gasteiger partial charge >= 0.3 is 0 Å². The van der Waals surface area contributed by atoms with Crippen LogP contribution < -0.4 is 19.3 Å². The fraction of sp³-hybridized carbons (Fsp3) is 0.263. The molecular weight excluding hydrogens is 369 g/mol. The van der Waals surface area contributed by atoms with Gasteiger partial charge in [-0.25, -0.2) is 9.37 Å². The van der Waals surface area contributed by atoms with Crippen molar-refractivity contribution in [2.24, 2.45) is 0 Å². The summed E-state index contributed by atoms with van der Waals surface area (Å²) in [5.74, 6) is 0.779. The molecule has 0 fully saturated rings. The van der Waals surface area contributed by atoms with Crippen LogP contribution in [0, 0.1) is 5.82 Å². The normalized spacial score (nSPS) is 12.7. The number of thiazole rings is 1. The third kappa shape index (κ3) is 3.58. The quantitative estimate of drug-likeness (QED) is 0.726. The van der Waals surface area contributed by atoms with Gasteiger partial charge in [-0.05, 0) is 24.3 Å². The Balaban J connectivity index is 1.70. The number of nitrogens with zero attached hydrogens (tertiary/aromatic N) is 2. The zero-order chi connectivity index (χ0) is 19.0. The Bertz CT molecular complexity index is 947. The lowest BCUT2D eigenvalue weighted by Crippen LogP contribution is -3.06. The molecule has 0 saturated heterocycles. The van der Waals surface area contributed by atoms with E-state index in [1.54, 1.807) is 4.90 Å². The van der Waals surface area contributed by atoms with Crippen molar-refractivity contribution in [2.45, 2.75) is 0 Å². The highest BCUT2D eigenvalue weighted by Crippen LogP contribution is 2.39. The number of nitrogens with one attached hydrogen (secondary N) is 1. The minimum absolute atomic E-state index is 0.199. The number of quaternary nitrogens is 1. The lowest BCUT2D eigenvalue weighted by atomic mass is 10.2. The Morgan fingerprint density at radius 1 is 1.22 bits per heavy atom. The molecule has 140 valence electrons. The first kappa shape index (κ1) is 17.7. The molecule has 1 amide bonds. The highest BCUT2D eigenvalue weighted by atomic mass is 32.1. The molecule has 0 bridgehead atoms. The molecule has 2 aromatic carbocycles. The number of amides is 1. The molecule has 0 saturated carbocycles. The van der Waals surface area contributed by atoms with Gasteiger partial charge in [0.25, 0.3) is 5.91 Å². The smallest absolute Gasteiger partial charge is 0.260 e. The van der Waals surface area contributed by atoms with Crippen LogP contribution in [0.3, 0.4) is 0 Å². The van der Waals surface area contributed by atoms with Crippen molar-refractivity contribution in [1.29, 1.82) is 0 Å². The molecule has 0 aliphatic carbocycles. The van der Waals surface area contributed by atoms with E-state index in [0.29, 0.717) is 28.7 Å². The fourth-order valence-corrected chi connectivity index (χ4v) is 3.79. The topological polar surface area (TPSA) is 56.1 Å². The largest absolute Gasteiger partial charge is 0.454 e. The molecule has 0 atom stereocenters. The zero-order valence-electron chi connectivity index (χ0n) is 15.0. The standard InChI is InChI=1S/C19H18FN3O3S/c1-22(2)7-8-23(18(24)12-3-5-13(20)6-4-12)19-21-14-9-15-16(26-11-25-15)10-17(14)27-19/h3-6,9-10H,7-8,11H2,1-2H3/p+1. The molecule has 1 aliphatic rings. The summed E-state index contributed by atoms with van der Waals surface area (Å²) in [5, 5.41) is 0.601. The fourth-order valence-electron chi connectivity index (χ4n) is 2.79. The van der Waals surface area contributed by atoms with Crippen molar-refractivity contribution in [1.82, 2.24) is 4.98 Å². The highest BCUT2D eigenvalue weighted by molar-refractivity contribution is 7.22. The molecule has 6 nitrogen and oxygen atoms in total. The first-order valence-corrected chi connectivity index (χ1v) is 9.39. The van der Waals surface area contributed by atoms with Crippen molar-refractivity contribution in [3.8, 4) is 11.5 Å². The number of hydrogen-bond donors (Lipinski definition) is 1. The van der Waals surface area contributed by atoms with Crippen LogP contribution in [0.4, 0.5) is 9.52 Å². The molecule has 0 spiro atoms. The summed E-state index contributed by atoms with van der Waals surface area (Å²) in [4.78, 5) is 20.6. The van der Waals surface area contributed by atoms with Gasteiger partial charge in [-0.3, -0.25) is 9.69 Å². The zero-order valence-corrected chi connectivity index (χ0v) is 15.8. The van der Waals surface area contributed by atoms with E-state index in [2.05, 4.69) is 4.98 Å². The molecule has 2 heterocycles. The molecular formula is C19H19FN3O3S+. The Morgan fingerprint density at radius 2 is 1.93 bits per heavy atom. The first-order chi connectivity index (χ1) is 13.0. The van der Waals surface area contributed by atoms with Gasteiger partial charge in [0, 0.05) is 17.7 Å². The van der Waals surface area contributed by atoms with Crippen molar-refractivity contribution in [2.75, 3.05) is 38.9 Å². The van der Waals surface area contributed by atoms with Crippen molar-refractivity contribution in [3.05, 3.63) is 47.8 Å². The van der Waals surface area contributed by atoms with E-state index in [1.165, 1.54) is 40.5 Å². The monoisotopic (exact) mass is 388 g/mol. The van der Waals surface area contributed by atoms with E-state index in [4.69, 9.17) is 9.47 Å². The van der Waals surface area contributed by atoms with E-state index < -0.39 is 0 Å². The lowest BCUT2D eigenvalue weighted by molar-refractivity contribution is -0.856. The number of anilines is 1. The SMILES string of the molecule is C[NH+](C)CCN(C(=O)c1ccc(F)cc1)c1nc2cc3c(cc2s1)OCO3. The molecule has 4 rings (SSSR count). The van der Waals surface area contributed by atoms with Crippen molar-refractivity contribution in [3.63, 3.8) is 0 Å². The number of benzene rings is 2. The summed E-state index contributed by atoms with van der Waals surface area (Å²) in [6.07, 6.45) is 0. The molecule has 3 aromatic rings. The van der Waals surface area contributed by atoms with E-state index >= 15 is 0 Å². The van der Waals surface area contributed by atoms with Crippen LogP contribution in [0.15, 0.2) is 36.4 Å². The Hall–Kier alpha value is -2.71. The van der Waals surface area contributed by atoms with E-state index in [9.17, 15) is 9.18 Å². The maximum atomic E-state index is 13.2. The van der Waals surface area contributed by atoms with Crippen molar-refractivity contribution < 1.29 is 23.6 Å². The predicted octanol–water partition coefficient (Wildman–Crippen LogP) is 1.96. The number of carbonyl (C=O) groups excluding carboxylic acids is 1. The number of ether oxygens (including phenoxy) is 2. The number of carbonyl (C=O) groups is 1. The summed E-state index contributed by atoms with van der Waals surface area (Å²) in [5.41, 5.74) is 1.19. The Morgan fingerprint density at radius 3 is 2.63 bits per heavy atom. The summed E-state index contributed by atoms with van der Waals surface area (Å²) in [6.45, 7) is 1.47. The van der Waals surface area contributed by atoms with Gasteiger partial charge < -0.3 is 14.4 Å². The van der Waals surface area contributed by atoms with E-state index in [0.717, 1.165) is 16.8 Å². The third-order valence-corrected chi connectivity index (χ3v) is 5.32. The second kappa shape index (κ2) is 7.13. The number of halogens is 1. The van der Waals surface area contributed by atoms with Gasteiger partial charge in [0.05, 0.1) is 37.4 Å². The highest BCUT2D eigenvalue weighted by Gasteiger charge is 2.24. The summed E-state index contributed by atoms with van der Waals surface area (Å²) in [7, 11) is 4.05. The van der Waals surface area contributed by atoms with Crippen LogP contribution in [-0.4, -0.2) is 44.9 Å². The summed E-state index contributed by atoms with van der Waals surface area (Å²) < 4.78 is 25.0. The van der Waals surface area contributed by atoms with Gasteiger partial charge in [-0.2, -0.15) is 0 Å². The second-order valence-electron chi connectivity index (χ2n) is 6.59. The third-order valence-electron chi connectivity index (χ3n) is 4.27. The van der Waals surface area contributed by atoms with Crippen LogP contribution >= 0.6 is 11.3 Å². The number of hydrogen-bond acceptors (Lipinski definition) is 5. The van der Waals surface area contributed by atoms with Crippen molar-refractivity contribution >= 4 is 32.6 Å². The van der Waals surface area contributed by atoms with Gasteiger partial charge in [0.2, 0.25) is 6.79 Å². The maximum Gasteiger partial charge on any atom is 0.260 e. The molecule has 8 heteroatoms. The minimum atomic E-state index is -0.370. The number of aromatic nitrogens is 1. The Labute approximate surface area is 159 Å². The molecule has 1 aliphatic heterocycles. The van der Waals surface area contributed by atoms with Crippen LogP contribution in [0.2, 0.25) is 0 Å². The Kier molecular flexibility index (Phi) is 4.67. The number of likely N-dealkylation sites (N-methyl/N-ethyl adjacent to an activating group) is 1. The van der Waals surface area contributed by atoms with Crippen LogP contribution in [0.25, 0.3) is 10.2 Å². The summed E-state index contributed by atoms with van der Waals surface area (Å²) in [6, 6.07) is 9.29. The van der Waals surface area contributed by atoms with E-state index in [1.807, 2.05) is 26.2 Å². The number of fused-ring (bicyclic) bond motifs is 2. The first-order valence-electron chi connectivity index (χ1n) is 8.58. The average Bonchev–Trinajstić information content (AvgIpc) is 3.25.